The van der Waals surface area contributed by atoms with Gasteiger partial charge >= 0.3 is 6.03 Å². The molecule has 0 atom stereocenters. The van der Waals surface area contributed by atoms with E-state index in [1.165, 1.54) is 17.7 Å². The molecule has 0 saturated heterocycles. The van der Waals surface area contributed by atoms with Gasteiger partial charge in [0.1, 0.15) is 0 Å². The van der Waals surface area contributed by atoms with Gasteiger partial charge in [0.05, 0.1) is 4.90 Å². The third kappa shape index (κ3) is 5.09. The molecule has 0 unspecified atom stereocenters. The summed E-state index contributed by atoms with van der Waals surface area (Å²) in [5.41, 5.74) is 3.64. The van der Waals surface area contributed by atoms with Gasteiger partial charge in [-0.1, -0.05) is 35.9 Å². The minimum absolute atomic E-state index is 0.183. The quantitative estimate of drug-likeness (QED) is 0.874. The number of urea groups is 1. The second-order valence-corrected chi connectivity index (χ2v) is 7.88. The summed E-state index contributed by atoms with van der Waals surface area (Å²) < 4.78 is 23.2. The molecule has 0 radical (unpaired) electrons. The van der Waals surface area contributed by atoms with Gasteiger partial charge in [-0.25, -0.2) is 13.2 Å². The summed E-state index contributed by atoms with van der Waals surface area (Å²) in [6.07, 6.45) is 1.88. The molecule has 2 N–H and O–H groups in total. The minimum atomic E-state index is -3.31. The van der Waals surface area contributed by atoms with Crippen molar-refractivity contribution >= 4 is 21.6 Å². The number of benzene rings is 2. The molecule has 0 spiro atoms. The van der Waals surface area contributed by atoms with Crippen LogP contribution in [0.1, 0.15) is 16.7 Å². The van der Waals surface area contributed by atoms with Gasteiger partial charge in [-0.05, 0) is 43.5 Å². The molecule has 0 aliphatic heterocycles. The van der Waals surface area contributed by atoms with E-state index in [0.717, 1.165) is 23.8 Å². The van der Waals surface area contributed by atoms with Crippen LogP contribution in [-0.4, -0.2) is 27.2 Å². The third-order valence-corrected chi connectivity index (χ3v) is 4.78. The van der Waals surface area contributed by atoms with Crippen molar-refractivity contribution < 1.29 is 13.2 Å². The molecule has 0 aliphatic carbocycles. The molecule has 6 heteroatoms. The first-order valence-electron chi connectivity index (χ1n) is 7.67. The highest BCUT2D eigenvalue weighted by molar-refractivity contribution is 7.90. The predicted molar refractivity (Wildman–Crippen MR) is 96.2 cm³/mol. The monoisotopic (exact) mass is 346 g/mol. The number of hydrogen-bond donors (Lipinski definition) is 2. The molecule has 2 aromatic carbocycles. The van der Waals surface area contributed by atoms with Crippen LogP contribution in [0.3, 0.4) is 0 Å². The van der Waals surface area contributed by atoms with E-state index in [9.17, 15) is 13.2 Å². The lowest BCUT2D eigenvalue weighted by Crippen LogP contribution is -2.30. The van der Waals surface area contributed by atoms with E-state index in [4.69, 9.17) is 0 Å². The second-order valence-electron chi connectivity index (χ2n) is 5.87. The molecule has 0 aliphatic rings. The maximum atomic E-state index is 12.0. The molecule has 128 valence electrons. The first-order chi connectivity index (χ1) is 11.3. The fourth-order valence-electron chi connectivity index (χ4n) is 2.32. The van der Waals surface area contributed by atoms with Gasteiger partial charge in [0.15, 0.2) is 9.84 Å². The lowest BCUT2D eigenvalue weighted by Gasteiger charge is -2.11. The smallest absolute Gasteiger partial charge is 0.319 e. The van der Waals surface area contributed by atoms with Crippen molar-refractivity contribution in [3.8, 4) is 0 Å². The van der Waals surface area contributed by atoms with E-state index in [2.05, 4.69) is 16.7 Å². The first kappa shape index (κ1) is 18.0. The van der Waals surface area contributed by atoms with Crippen LogP contribution >= 0.6 is 0 Å². The van der Waals surface area contributed by atoms with Crippen LogP contribution in [0.15, 0.2) is 47.4 Å². The summed E-state index contributed by atoms with van der Waals surface area (Å²) in [6.45, 7) is 4.34. The van der Waals surface area contributed by atoms with Crippen molar-refractivity contribution in [1.82, 2.24) is 5.32 Å². The zero-order valence-corrected chi connectivity index (χ0v) is 14.9. The van der Waals surface area contributed by atoms with Crippen LogP contribution in [0.5, 0.6) is 0 Å². The lowest BCUT2D eigenvalue weighted by molar-refractivity contribution is 0.252. The summed E-state index contributed by atoms with van der Waals surface area (Å²) in [4.78, 5) is 12.2. The molecular weight excluding hydrogens is 324 g/mol. The van der Waals surface area contributed by atoms with Crippen LogP contribution in [0.4, 0.5) is 10.5 Å². The number of amides is 2. The molecule has 0 heterocycles. The molecule has 0 saturated carbocycles. The Labute approximate surface area is 143 Å². The standard InChI is InChI=1S/C18H22N2O3S/c1-13-5-4-6-15(11-13)9-10-19-18(21)20-17-12-16(24(3,22)23)8-7-14(17)2/h4-8,11-12H,9-10H2,1-3H3,(H2,19,20,21). The van der Waals surface area contributed by atoms with Gasteiger partial charge in [-0.3, -0.25) is 0 Å². The van der Waals surface area contributed by atoms with Crippen LogP contribution < -0.4 is 10.6 Å². The normalized spacial score (nSPS) is 11.1. The summed E-state index contributed by atoms with van der Waals surface area (Å²) >= 11 is 0. The Balaban J connectivity index is 1.95. The second kappa shape index (κ2) is 7.49. The van der Waals surface area contributed by atoms with Gasteiger partial charge in [0.2, 0.25) is 0 Å². The van der Waals surface area contributed by atoms with Crippen LogP contribution in [0.25, 0.3) is 0 Å². The summed E-state index contributed by atoms with van der Waals surface area (Å²) in [5, 5.41) is 5.49. The third-order valence-electron chi connectivity index (χ3n) is 3.67. The number of sulfone groups is 1. The summed E-state index contributed by atoms with van der Waals surface area (Å²) in [7, 11) is -3.31. The maximum Gasteiger partial charge on any atom is 0.319 e. The molecule has 2 aromatic rings. The Hall–Kier alpha value is -2.34. The fourth-order valence-corrected chi connectivity index (χ4v) is 2.97. The number of carbonyl (C=O) groups is 1. The highest BCUT2D eigenvalue weighted by atomic mass is 32.2. The van der Waals surface area contributed by atoms with Gasteiger partial charge in [-0.15, -0.1) is 0 Å². The molecule has 2 rings (SSSR count). The van der Waals surface area contributed by atoms with E-state index in [0.29, 0.717) is 12.2 Å². The highest BCUT2D eigenvalue weighted by Gasteiger charge is 2.11. The van der Waals surface area contributed by atoms with E-state index >= 15 is 0 Å². The molecule has 5 nitrogen and oxygen atoms in total. The van der Waals surface area contributed by atoms with Crippen molar-refractivity contribution in [2.24, 2.45) is 0 Å². The van der Waals surface area contributed by atoms with Gasteiger partial charge in [0, 0.05) is 18.5 Å². The molecule has 0 aromatic heterocycles. The Morgan fingerprint density at radius 3 is 2.50 bits per heavy atom. The van der Waals surface area contributed by atoms with Gasteiger partial charge < -0.3 is 10.6 Å². The molecular formula is C18H22N2O3S. The number of nitrogens with one attached hydrogen (secondary N) is 2. The van der Waals surface area contributed by atoms with Crippen molar-refractivity contribution in [2.75, 3.05) is 18.1 Å². The van der Waals surface area contributed by atoms with Crippen LogP contribution in [0.2, 0.25) is 0 Å². The van der Waals surface area contributed by atoms with E-state index in [1.807, 2.05) is 32.0 Å². The average Bonchev–Trinajstić information content (AvgIpc) is 2.48. The number of anilines is 1. The number of hydrogen-bond acceptors (Lipinski definition) is 3. The zero-order valence-electron chi connectivity index (χ0n) is 14.1. The SMILES string of the molecule is Cc1cccc(CCNC(=O)Nc2cc(S(C)(=O)=O)ccc2C)c1. The molecule has 24 heavy (non-hydrogen) atoms. The number of rotatable bonds is 5. The van der Waals surface area contributed by atoms with Crippen molar-refractivity contribution in [2.45, 2.75) is 25.2 Å². The molecule has 0 bridgehead atoms. The van der Waals surface area contributed by atoms with Crippen molar-refractivity contribution in [3.63, 3.8) is 0 Å². The fraction of sp³-hybridized carbons (Fsp3) is 0.278. The zero-order chi connectivity index (χ0) is 17.7. The first-order valence-corrected chi connectivity index (χ1v) is 9.56. The van der Waals surface area contributed by atoms with Gasteiger partial charge in [0.25, 0.3) is 0 Å². The predicted octanol–water partition coefficient (Wildman–Crippen LogP) is 3.07. The Morgan fingerprint density at radius 1 is 1.08 bits per heavy atom. The van der Waals surface area contributed by atoms with E-state index in [1.54, 1.807) is 6.07 Å². The molecule has 2 amide bonds. The summed E-state index contributed by atoms with van der Waals surface area (Å²) in [5.74, 6) is 0. The number of aryl methyl sites for hydroxylation is 2. The van der Waals surface area contributed by atoms with E-state index in [-0.39, 0.29) is 10.9 Å². The van der Waals surface area contributed by atoms with Crippen molar-refractivity contribution in [1.29, 1.82) is 0 Å². The van der Waals surface area contributed by atoms with Crippen molar-refractivity contribution in [3.05, 3.63) is 59.2 Å². The lowest BCUT2D eigenvalue weighted by atomic mass is 10.1. The largest absolute Gasteiger partial charge is 0.338 e. The summed E-state index contributed by atoms with van der Waals surface area (Å²) in [6, 6.07) is 12.5. The Kier molecular flexibility index (Phi) is 5.62. The topological polar surface area (TPSA) is 75.3 Å². The Morgan fingerprint density at radius 2 is 1.83 bits per heavy atom. The Bertz CT molecular complexity index is 845. The van der Waals surface area contributed by atoms with E-state index < -0.39 is 9.84 Å². The maximum absolute atomic E-state index is 12.0. The number of carbonyl (C=O) groups excluding carboxylic acids is 1. The average molecular weight is 346 g/mol. The minimum Gasteiger partial charge on any atom is -0.338 e. The van der Waals surface area contributed by atoms with Crippen LogP contribution in [-0.2, 0) is 16.3 Å². The van der Waals surface area contributed by atoms with Gasteiger partial charge in [-0.2, -0.15) is 0 Å². The molecule has 0 fully saturated rings. The highest BCUT2D eigenvalue weighted by Crippen LogP contribution is 2.20. The van der Waals surface area contributed by atoms with Crippen LogP contribution in [0, 0.1) is 13.8 Å².